The molecule has 0 radical (unpaired) electrons. The molecule has 0 amide bonds. The van der Waals surface area contributed by atoms with E-state index in [9.17, 15) is 18.1 Å². The first kappa shape index (κ1) is 11.8. The van der Waals surface area contributed by atoms with Gasteiger partial charge >= 0.3 is 6.98 Å². The summed E-state index contributed by atoms with van der Waals surface area (Å²) in [6.07, 6.45) is 2.94. The van der Waals surface area contributed by atoms with Crippen molar-refractivity contribution in [1.82, 2.24) is 4.98 Å². The number of hydrogen-bond donors (Lipinski definition) is 1. The summed E-state index contributed by atoms with van der Waals surface area (Å²) in [6, 6.07) is 1.47. The molecule has 1 rings (SSSR count). The van der Waals surface area contributed by atoms with E-state index in [1.54, 1.807) is 0 Å². The van der Waals surface area contributed by atoms with E-state index in [1.807, 2.05) is 0 Å². The third kappa shape index (κ3) is 4.16. The van der Waals surface area contributed by atoms with Crippen LogP contribution in [0.3, 0.4) is 0 Å². The molecule has 0 aliphatic carbocycles. The third-order valence-electron chi connectivity index (χ3n) is 1.77. The summed E-state index contributed by atoms with van der Waals surface area (Å²) in [5, 5.41) is 9.19. The third-order valence-corrected chi connectivity index (χ3v) is 1.77. The summed E-state index contributed by atoms with van der Waals surface area (Å²) in [6.45, 7) is -3.40. The van der Waals surface area contributed by atoms with Gasteiger partial charge in [-0.1, -0.05) is 6.08 Å². The van der Waals surface area contributed by atoms with Crippen LogP contribution in [-0.2, 0) is 0 Å². The van der Waals surface area contributed by atoms with E-state index in [2.05, 4.69) is 4.98 Å². The molecule has 82 valence electrons. The minimum Gasteiger partial charge on any atom is -0.445 e. The van der Waals surface area contributed by atoms with Crippen molar-refractivity contribution in [3.8, 4) is 0 Å². The van der Waals surface area contributed by atoms with Gasteiger partial charge in [0.25, 0.3) is 0 Å². The molecule has 0 aliphatic rings. The summed E-state index contributed by atoms with van der Waals surface area (Å²) >= 11 is 0. The fraction of sp³-hybridized carbons (Fsp3) is 0.222. The Balaban J connectivity index is 2.87. The molecule has 0 aliphatic heterocycles. The monoisotopic (exact) mass is 216 g/mol. The number of hydrogen-bond acceptors (Lipinski definition) is 2. The van der Waals surface area contributed by atoms with Crippen LogP contribution in [-0.4, -0.2) is 17.1 Å². The summed E-state index contributed by atoms with van der Waals surface area (Å²) in [5.41, 5.74) is 0.819. The first-order chi connectivity index (χ1) is 6.88. The summed E-state index contributed by atoms with van der Waals surface area (Å²) in [4.78, 5) is 3.73. The van der Waals surface area contributed by atoms with E-state index in [4.69, 9.17) is 0 Å². The highest BCUT2D eigenvalue weighted by Gasteiger charge is 2.17. The minimum atomic E-state index is -4.93. The molecule has 0 aromatic carbocycles. The standard InChI is InChI=1S/C9H10BF3NO/c1-7(15)9-4-8(5-14-6-9)2-3-10(11,12)13/h2-7,15H,1H3/q-1/b3-2+. The van der Waals surface area contributed by atoms with Crippen LogP contribution in [0.15, 0.2) is 24.4 Å². The predicted octanol–water partition coefficient (Wildman–Crippen LogP) is 2.53. The molecule has 1 aromatic rings. The first-order valence-corrected chi connectivity index (χ1v) is 4.41. The van der Waals surface area contributed by atoms with Gasteiger partial charge in [0.05, 0.1) is 6.10 Å². The van der Waals surface area contributed by atoms with E-state index in [-0.39, 0.29) is 5.98 Å². The zero-order valence-corrected chi connectivity index (χ0v) is 8.07. The fourth-order valence-electron chi connectivity index (χ4n) is 1.02. The van der Waals surface area contributed by atoms with Crippen LogP contribution < -0.4 is 0 Å². The SMILES string of the molecule is CC(O)c1cncc(/C=C/[B-](F)(F)F)c1. The minimum absolute atomic E-state index is 0.197. The quantitative estimate of drug-likeness (QED) is 0.787. The molecule has 1 heterocycles. The van der Waals surface area contributed by atoms with Crippen LogP contribution in [0.5, 0.6) is 0 Å². The Labute approximate surface area is 85.5 Å². The van der Waals surface area contributed by atoms with Crippen molar-refractivity contribution in [2.24, 2.45) is 0 Å². The molecule has 1 N–H and O–H groups in total. The zero-order valence-electron chi connectivity index (χ0n) is 8.07. The molecule has 15 heavy (non-hydrogen) atoms. The van der Waals surface area contributed by atoms with Gasteiger partial charge in [0.1, 0.15) is 0 Å². The highest BCUT2D eigenvalue weighted by molar-refractivity contribution is 6.64. The Hall–Kier alpha value is -1.30. The van der Waals surface area contributed by atoms with E-state index in [0.29, 0.717) is 11.1 Å². The number of aliphatic hydroxyl groups is 1. The molecule has 0 fully saturated rings. The van der Waals surface area contributed by atoms with E-state index < -0.39 is 13.1 Å². The number of nitrogens with zero attached hydrogens (tertiary/aromatic N) is 1. The van der Waals surface area contributed by atoms with Gasteiger partial charge in [-0.25, -0.2) is 0 Å². The maximum Gasteiger partial charge on any atom is 0.502 e. The number of rotatable bonds is 3. The second kappa shape index (κ2) is 4.48. The predicted molar refractivity (Wildman–Crippen MR) is 53.0 cm³/mol. The van der Waals surface area contributed by atoms with Crippen LogP contribution in [0.2, 0.25) is 0 Å². The van der Waals surface area contributed by atoms with Gasteiger partial charge in [-0.15, -0.1) is 5.98 Å². The van der Waals surface area contributed by atoms with Gasteiger partial charge < -0.3 is 18.1 Å². The Morgan fingerprint density at radius 1 is 1.40 bits per heavy atom. The maximum atomic E-state index is 11.9. The number of aromatic nitrogens is 1. The van der Waals surface area contributed by atoms with Crippen molar-refractivity contribution in [2.45, 2.75) is 13.0 Å². The Morgan fingerprint density at radius 2 is 2.07 bits per heavy atom. The van der Waals surface area contributed by atoms with E-state index in [1.165, 1.54) is 25.4 Å². The smallest absolute Gasteiger partial charge is 0.445 e. The van der Waals surface area contributed by atoms with E-state index in [0.717, 1.165) is 6.08 Å². The molecule has 0 saturated heterocycles. The Bertz CT molecular complexity index is 363. The van der Waals surface area contributed by atoms with Gasteiger partial charge in [-0.3, -0.25) is 4.98 Å². The Morgan fingerprint density at radius 3 is 2.60 bits per heavy atom. The molecule has 0 spiro atoms. The van der Waals surface area contributed by atoms with Gasteiger partial charge in [0.2, 0.25) is 0 Å². The second-order valence-corrected chi connectivity index (χ2v) is 3.21. The molecule has 1 atom stereocenters. The summed E-state index contributed by atoms with van der Waals surface area (Å²) in [5.74, 6) is 0.197. The molecule has 0 bridgehead atoms. The molecule has 6 heteroatoms. The van der Waals surface area contributed by atoms with Gasteiger partial charge in [-0.2, -0.15) is 0 Å². The van der Waals surface area contributed by atoms with E-state index >= 15 is 0 Å². The Kier molecular flexibility index (Phi) is 3.52. The largest absolute Gasteiger partial charge is 0.502 e. The lowest BCUT2D eigenvalue weighted by Gasteiger charge is -2.07. The first-order valence-electron chi connectivity index (χ1n) is 4.41. The van der Waals surface area contributed by atoms with Gasteiger partial charge in [0.15, 0.2) is 0 Å². The number of aliphatic hydroxyl groups excluding tert-OH is 1. The molecule has 2 nitrogen and oxygen atoms in total. The number of pyridine rings is 1. The molecule has 0 saturated carbocycles. The molecular weight excluding hydrogens is 206 g/mol. The van der Waals surface area contributed by atoms with Crippen molar-refractivity contribution in [3.05, 3.63) is 35.6 Å². The average Bonchev–Trinajstić information content (AvgIpc) is 2.14. The van der Waals surface area contributed by atoms with Crippen molar-refractivity contribution >= 4 is 13.1 Å². The maximum absolute atomic E-state index is 11.9. The lowest BCUT2D eigenvalue weighted by molar-refractivity contribution is 0.199. The highest BCUT2D eigenvalue weighted by Crippen LogP contribution is 2.15. The molecular formula is C9H10BF3NO-. The van der Waals surface area contributed by atoms with Crippen molar-refractivity contribution < 1.29 is 18.1 Å². The zero-order chi connectivity index (χ0) is 11.5. The lowest BCUT2D eigenvalue weighted by Crippen LogP contribution is -2.09. The van der Waals surface area contributed by atoms with Crippen LogP contribution in [0.1, 0.15) is 24.2 Å². The topological polar surface area (TPSA) is 33.1 Å². The summed E-state index contributed by atoms with van der Waals surface area (Å²) < 4.78 is 35.7. The number of halogens is 3. The van der Waals surface area contributed by atoms with Crippen molar-refractivity contribution in [2.75, 3.05) is 0 Å². The molecule has 1 unspecified atom stereocenters. The average molecular weight is 216 g/mol. The van der Waals surface area contributed by atoms with Crippen molar-refractivity contribution in [1.29, 1.82) is 0 Å². The fourth-order valence-corrected chi connectivity index (χ4v) is 1.02. The lowest BCUT2D eigenvalue weighted by atomic mass is 9.91. The second-order valence-electron chi connectivity index (χ2n) is 3.21. The van der Waals surface area contributed by atoms with Crippen LogP contribution in [0.4, 0.5) is 12.9 Å². The van der Waals surface area contributed by atoms with Gasteiger partial charge in [-0.05, 0) is 24.1 Å². The highest BCUT2D eigenvalue weighted by atomic mass is 19.4. The van der Waals surface area contributed by atoms with Crippen LogP contribution in [0, 0.1) is 0 Å². The summed E-state index contributed by atoms with van der Waals surface area (Å²) in [7, 11) is 0. The van der Waals surface area contributed by atoms with Crippen LogP contribution in [0.25, 0.3) is 6.08 Å². The molecule has 1 aromatic heterocycles. The van der Waals surface area contributed by atoms with Crippen LogP contribution >= 0.6 is 0 Å². The normalized spacial score (nSPS) is 14.5. The van der Waals surface area contributed by atoms with Gasteiger partial charge in [0, 0.05) is 12.4 Å². The van der Waals surface area contributed by atoms with Crippen molar-refractivity contribution in [3.63, 3.8) is 0 Å².